The van der Waals surface area contributed by atoms with Crippen LogP contribution in [0.15, 0.2) is 12.1 Å². The number of aryl methyl sites for hydroxylation is 2. The zero-order valence-electron chi connectivity index (χ0n) is 14.6. The maximum absolute atomic E-state index is 10.7. The van der Waals surface area contributed by atoms with E-state index in [0.29, 0.717) is 17.3 Å². The Kier molecular flexibility index (Phi) is 5.11. The van der Waals surface area contributed by atoms with Gasteiger partial charge in [0.2, 0.25) is 0 Å². The minimum atomic E-state index is -0.955. The summed E-state index contributed by atoms with van der Waals surface area (Å²) in [6.07, 6.45) is 5.37. The predicted molar refractivity (Wildman–Crippen MR) is 91.4 cm³/mol. The number of carboxylic acids is 1. The Hall–Kier alpha value is -1.59. The van der Waals surface area contributed by atoms with E-state index in [9.17, 15) is 4.79 Å². The van der Waals surface area contributed by atoms with Crippen molar-refractivity contribution in [3.8, 4) is 5.75 Å². The molecule has 3 rings (SSSR count). The molecular weight excluding hydrogens is 306 g/mol. The number of aliphatic carboxylic acids is 1. The van der Waals surface area contributed by atoms with Gasteiger partial charge in [0.05, 0.1) is 6.10 Å². The van der Waals surface area contributed by atoms with E-state index >= 15 is 0 Å². The summed E-state index contributed by atoms with van der Waals surface area (Å²) >= 11 is 0. The van der Waals surface area contributed by atoms with Crippen LogP contribution >= 0.6 is 0 Å². The summed E-state index contributed by atoms with van der Waals surface area (Å²) in [4.78, 5) is 10.7. The number of nitrogens with one attached hydrogen (secondary N) is 1. The van der Waals surface area contributed by atoms with Gasteiger partial charge in [-0.05, 0) is 49.8 Å². The van der Waals surface area contributed by atoms with E-state index in [0.717, 1.165) is 30.8 Å². The molecule has 1 heterocycles. The fraction of sp³-hybridized carbons (Fsp3) is 0.632. The van der Waals surface area contributed by atoms with E-state index < -0.39 is 5.97 Å². The molecule has 2 atom stereocenters. The molecule has 0 spiro atoms. The lowest BCUT2D eigenvalue weighted by atomic mass is 9.83. The molecular formula is C19H27NO4. The summed E-state index contributed by atoms with van der Waals surface area (Å²) in [5.41, 5.74) is 3.51. The Morgan fingerprint density at radius 1 is 1.38 bits per heavy atom. The highest BCUT2D eigenvalue weighted by atomic mass is 16.5. The highest BCUT2D eigenvalue weighted by Crippen LogP contribution is 2.46. The first kappa shape index (κ1) is 17.2. The van der Waals surface area contributed by atoms with Crippen molar-refractivity contribution in [1.82, 2.24) is 5.32 Å². The van der Waals surface area contributed by atoms with Gasteiger partial charge in [0.15, 0.2) is 6.61 Å². The van der Waals surface area contributed by atoms with Crippen molar-refractivity contribution in [2.75, 3.05) is 19.8 Å². The van der Waals surface area contributed by atoms with Gasteiger partial charge in [-0.25, -0.2) is 4.79 Å². The van der Waals surface area contributed by atoms with Crippen molar-refractivity contribution in [1.29, 1.82) is 0 Å². The fourth-order valence-electron chi connectivity index (χ4n) is 4.31. The number of hydrogen-bond donors (Lipinski definition) is 2. The molecule has 1 saturated heterocycles. The van der Waals surface area contributed by atoms with Crippen molar-refractivity contribution in [2.24, 2.45) is 5.41 Å². The van der Waals surface area contributed by atoms with Gasteiger partial charge in [-0.15, -0.1) is 0 Å². The summed E-state index contributed by atoms with van der Waals surface area (Å²) in [6, 6.07) is 4.15. The van der Waals surface area contributed by atoms with Crippen molar-refractivity contribution in [3.05, 3.63) is 28.8 Å². The third-order valence-corrected chi connectivity index (χ3v) is 5.41. The molecule has 0 amide bonds. The molecule has 1 aliphatic heterocycles. The molecule has 132 valence electrons. The molecule has 1 aromatic carbocycles. The topological polar surface area (TPSA) is 67.8 Å². The Morgan fingerprint density at radius 3 is 2.83 bits per heavy atom. The maximum Gasteiger partial charge on any atom is 0.341 e. The van der Waals surface area contributed by atoms with Crippen molar-refractivity contribution in [3.63, 3.8) is 0 Å². The number of hydrogen-bond acceptors (Lipinski definition) is 4. The van der Waals surface area contributed by atoms with Crippen LogP contribution in [0.25, 0.3) is 0 Å². The van der Waals surface area contributed by atoms with Gasteiger partial charge in [-0.3, -0.25) is 0 Å². The Bertz CT molecular complexity index is 580. The van der Waals surface area contributed by atoms with Gasteiger partial charge in [0.1, 0.15) is 5.75 Å². The van der Waals surface area contributed by atoms with Crippen LogP contribution in [0.1, 0.15) is 42.4 Å². The van der Waals surface area contributed by atoms with Crippen molar-refractivity contribution < 1.29 is 19.4 Å². The summed E-state index contributed by atoms with van der Waals surface area (Å²) in [6.45, 7) is 6.35. The smallest absolute Gasteiger partial charge is 0.341 e. The van der Waals surface area contributed by atoms with Crippen LogP contribution in [0.2, 0.25) is 0 Å². The highest BCUT2D eigenvalue weighted by Gasteiger charge is 2.46. The maximum atomic E-state index is 10.7. The molecule has 2 aliphatic rings. The number of fused-ring (bicyclic) bond motifs is 1. The fourth-order valence-corrected chi connectivity index (χ4v) is 4.31. The Balaban J connectivity index is 1.58. The molecule has 1 aromatic rings. The second kappa shape index (κ2) is 7.11. The summed E-state index contributed by atoms with van der Waals surface area (Å²) in [7, 11) is 0. The molecule has 5 nitrogen and oxygen atoms in total. The zero-order valence-corrected chi connectivity index (χ0v) is 14.6. The Morgan fingerprint density at radius 2 is 2.12 bits per heavy atom. The first-order valence-corrected chi connectivity index (χ1v) is 8.77. The third kappa shape index (κ3) is 3.57. The van der Waals surface area contributed by atoms with E-state index in [1.165, 1.54) is 31.2 Å². The third-order valence-electron chi connectivity index (χ3n) is 5.41. The van der Waals surface area contributed by atoms with Gasteiger partial charge in [-0.1, -0.05) is 18.6 Å². The SMILES string of the molecule is Cc1cc(CNC[C@]23CCC[C@H]2OCC3)cc(C)c1OCC(=O)O. The molecule has 0 aromatic heterocycles. The van der Waals surface area contributed by atoms with Crippen LogP contribution in [0.4, 0.5) is 0 Å². The average molecular weight is 333 g/mol. The largest absolute Gasteiger partial charge is 0.481 e. The normalized spacial score (nSPS) is 25.7. The molecule has 0 bridgehead atoms. The predicted octanol–water partition coefficient (Wildman–Crippen LogP) is 2.82. The van der Waals surface area contributed by atoms with Crippen molar-refractivity contribution in [2.45, 2.75) is 52.2 Å². The van der Waals surface area contributed by atoms with Gasteiger partial charge in [-0.2, -0.15) is 0 Å². The van der Waals surface area contributed by atoms with Crippen LogP contribution in [0, 0.1) is 19.3 Å². The number of benzene rings is 1. The minimum Gasteiger partial charge on any atom is -0.481 e. The lowest BCUT2D eigenvalue weighted by Gasteiger charge is -2.28. The second-order valence-electron chi connectivity index (χ2n) is 7.21. The molecule has 1 saturated carbocycles. The quantitative estimate of drug-likeness (QED) is 0.803. The zero-order chi connectivity index (χ0) is 17.2. The number of ether oxygens (including phenoxy) is 2. The molecule has 0 unspecified atom stereocenters. The first-order valence-electron chi connectivity index (χ1n) is 8.77. The minimum absolute atomic E-state index is 0.302. The number of carboxylic acid groups (broad SMARTS) is 1. The monoisotopic (exact) mass is 333 g/mol. The van der Waals surface area contributed by atoms with Crippen LogP contribution in [-0.2, 0) is 16.1 Å². The lowest BCUT2D eigenvalue weighted by Crippen LogP contribution is -2.36. The van der Waals surface area contributed by atoms with Crippen LogP contribution in [0.5, 0.6) is 5.75 Å². The molecule has 1 aliphatic carbocycles. The number of rotatable bonds is 7. The second-order valence-corrected chi connectivity index (χ2v) is 7.21. The molecule has 2 fully saturated rings. The highest BCUT2D eigenvalue weighted by molar-refractivity contribution is 5.68. The molecule has 0 radical (unpaired) electrons. The first-order chi connectivity index (χ1) is 11.5. The molecule has 5 heteroatoms. The van der Waals surface area contributed by atoms with Gasteiger partial charge < -0.3 is 19.9 Å². The van der Waals surface area contributed by atoms with Gasteiger partial charge >= 0.3 is 5.97 Å². The summed E-state index contributed by atoms with van der Waals surface area (Å²) in [5, 5.41) is 12.4. The Labute approximate surface area is 143 Å². The van der Waals surface area contributed by atoms with E-state index in [1.807, 2.05) is 13.8 Å². The molecule has 2 N–H and O–H groups in total. The van der Waals surface area contributed by atoms with E-state index in [2.05, 4.69) is 17.4 Å². The van der Waals surface area contributed by atoms with Crippen LogP contribution in [0.3, 0.4) is 0 Å². The van der Waals surface area contributed by atoms with Crippen molar-refractivity contribution >= 4 is 5.97 Å². The van der Waals surface area contributed by atoms with Gasteiger partial charge in [0, 0.05) is 25.1 Å². The lowest BCUT2D eigenvalue weighted by molar-refractivity contribution is -0.139. The molecule has 24 heavy (non-hydrogen) atoms. The summed E-state index contributed by atoms with van der Waals surface area (Å²) in [5.74, 6) is -0.275. The van der Waals surface area contributed by atoms with Gasteiger partial charge in [0.25, 0.3) is 0 Å². The van der Waals surface area contributed by atoms with E-state index in [1.54, 1.807) is 0 Å². The average Bonchev–Trinajstić information content (AvgIpc) is 3.05. The standard InChI is InChI=1S/C19H27NO4/c1-13-8-15(9-14(2)18(13)24-11-17(21)22)10-20-12-19-5-3-4-16(19)23-7-6-19/h8-9,16,20H,3-7,10-12H2,1-2H3,(H,21,22)/t16-,19-/m1/s1. The number of carbonyl (C=O) groups is 1. The van der Waals surface area contributed by atoms with E-state index in [4.69, 9.17) is 14.6 Å². The van der Waals surface area contributed by atoms with Crippen LogP contribution in [-0.4, -0.2) is 36.9 Å². The van der Waals surface area contributed by atoms with Crippen LogP contribution < -0.4 is 10.1 Å². The van der Waals surface area contributed by atoms with E-state index in [-0.39, 0.29) is 6.61 Å². The summed E-state index contributed by atoms with van der Waals surface area (Å²) < 4.78 is 11.3.